The Morgan fingerprint density at radius 1 is 1.29 bits per heavy atom. The average molecular weight is 344 g/mol. The van der Waals surface area contributed by atoms with E-state index in [9.17, 15) is 0 Å². The highest BCUT2D eigenvalue weighted by molar-refractivity contribution is 6.31. The number of guanidine groups is 1. The van der Waals surface area contributed by atoms with E-state index in [1.807, 2.05) is 43.7 Å². The maximum absolute atomic E-state index is 6.11. The number of aromatic amines is 2. The lowest BCUT2D eigenvalue weighted by Crippen LogP contribution is -2.39. The molecule has 3 aromatic rings. The monoisotopic (exact) mass is 343 g/mol. The highest BCUT2D eigenvalue weighted by Gasteiger charge is 2.08. The second kappa shape index (κ2) is 7.45. The number of rotatable bonds is 5. The van der Waals surface area contributed by atoms with Gasteiger partial charge in [-0.2, -0.15) is 0 Å². The van der Waals surface area contributed by atoms with Crippen LogP contribution in [-0.2, 0) is 13.0 Å². The van der Waals surface area contributed by atoms with Crippen molar-refractivity contribution in [3.05, 3.63) is 59.0 Å². The van der Waals surface area contributed by atoms with E-state index in [1.165, 1.54) is 10.9 Å². The van der Waals surface area contributed by atoms with Crippen molar-refractivity contribution in [3.63, 3.8) is 0 Å². The minimum absolute atomic E-state index is 0.762. The standard InChI is InChI=1S/C18H22ClN5/c1-20-18(24(2)12-15-4-3-8-21-15)22-9-7-13-11-23-17-6-5-14(19)10-16(13)17/h3-6,8,10-11,21,23H,7,9,12H2,1-2H3,(H,20,22). The molecule has 1 aromatic carbocycles. The van der Waals surface area contributed by atoms with Gasteiger partial charge in [-0.1, -0.05) is 11.6 Å². The maximum Gasteiger partial charge on any atom is 0.193 e. The van der Waals surface area contributed by atoms with E-state index in [0.29, 0.717) is 0 Å². The minimum atomic E-state index is 0.762. The molecule has 0 radical (unpaired) electrons. The first-order chi connectivity index (χ1) is 11.7. The Morgan fingerprint density at radius 3 is 2.92 bits per heavy atom. The van der Waals surface area contributed by atoms with Gasteiger partial charge in [0, 0.05) is 54.7 Å². The average Bonchev–Trinajstić information content (AvgIpc) is 3.21. The fraction of sp³-hybridized carbons (Fsp3) is 0.278. The summed E-state index contributed by atoms with van der Waals surface area (Å²) < 4.78 is 0. The van der Waals surface area contributed by atoms with Crippen LogP contribution in [0.2, 0.25) is 5.02 Å². The lowest BCUT2D eigenvalue weighted by Gasteiger charge is -2.21. The summed E-state index contributed by atoms with van der Waals surface area (Å²) >= 11 is 6.11. The second-order valence-corrected chi connectivity index (χ2v) is 6.22. The van der Waals surface area contributed by atoms with Crippen LogP contribution < -0.4 is 5.32 Å². The Hall–Kier alpha value is -2.40. The van der Waals surface area contributed by atoms with E-state index in [1.54, 1.807) is 7.05 Å². The molecule has 0 amide bonds. The number of hydrogen-bond donors (Lipinski definition) is 3. The van der Waals surface area contributed by atoms with Crippen molar-refractivity contribution in [2.24, 2.45) is 4.99 Å². The van der Waals surface area contributed by atoms with Crippen molar-refractivity contribution in [2.75, 3.05) is 20.6 Å². The Kier molecular flexibility index (Phi) is 5.11. The molecule has 0 saturated heterocycles. The largest absolute Gasteiger partial charge is 0.364 e. The summed E-state index contributed by atoms with van der Waals surface area (Å²) in [5.74, 6) is 0.877. The smallest absolute Gasteiger partial charge is 0.193 e. The van der Waals surface area contributed by atoms with Gasteiger partial charge in [0.25, 0.3) is 0 Å². The summed E-state index contributed by atoms with van der Waals surface area (Å²) in [6.07, 6.45) is 4.88. The van der Waals surface area contributed by atoms with Crippen molar-refractivity contribution in [2.45, 2.75) is 13.0 Å². The minimum Gasteiger partial charge on any atom is -0.364 e. The van der Waals surface area contributed by atoms with Crippen LogP contribution in [0.1, 0.15) is 11.3 Å². The molecule has 5 nitrogen and oxygen atoms in total. The van der Waals surface area contributed by atoms with Gasteiger partial charge in [-0.15, -0.1) is 0 Å². The zero-order valence-electron chi connectivity index (χ0n) is 13.9. The van der Waals surface area contributed by atoms with Gasteiger partial charge in [0.15, 0.2) is 5.96 Å². The number of benzene rings is 1. The van der Waals surface area contributed by atoms with E-state index in [0.717, 1.165) is 41.7 Å². The van der Waals surface area contributed by atoms with Gasteiger partial charge < -0.3 is 20.2 Å². The summed E-state index contributed by atoms with van der Waals surface area (Å²) in [6.45, 7) is 1.59. The van der Waals surface area contributed by atoms with Crippen molar-refractivity contribution >= 4 is 28.5 Å². The third kappa shape index (κ3) is 3.74. The first-order valence-electron chi connectivity index (χ1n) is 7.97. The van der Waals surface area contributed by atoms with Crippen LogP contribution in [0.25, 0.3) is 10.9 Å². The molecular formula is C18H22ClN5. The first kappa shape index (κ1) is 16.5. The van der Waals surface area contributed by atoms with E-state index in [4.69, 9.17) is 11.6 Å². The lowest BCUT2D eigenvalue weighted by atomic mass is 10.1. The summed E-state index contributed by atoms with van der Waals surface area (Å²) in [6, 6.07) is 9.99. The van der Waals surface area contributed by atoms with Gasteiger partial charge >= 0.3 is 0 Å². The van der Waals surface area contributed by atoms with Crippen molar-refractivity contribution < 1.29 is 0 Å². The van der Waals surface area contributed by atoms with Gasteiger partial charge in [0.05, 0.1) is 6.54 Å². The van der Waals surface area contributed by atoms with Crippen LogP contribution in [0.3, 0.4) is 0 Å². The normalized spacial score (nSPS) is 11.9. The first-order valence-corrected chi connectivity index (χ1v) is 8.34. The molecular weight excluding hydrogens is 322 g/mol. The third-order valence-electron chi connectivity index (χ3n) is 4.05. The lowest BCUT2D eigenvalue weighted by molar-refractivity contribution is 0.471. The molecule has 3 rings (SSSR count). The maximum atomic E-state index is 6.11. The van der Waals surface area contributed by atoms with Gasteiger partial charge in [0.2, 0.25) is 0 Å². The Balaban J connectivity index is 1.58. The molecule has 0 unspecified atom stereocenters. The van der Waals surface area contributed by atoms with Gasteiger partial charge in [-0.05, 0) is 42.3 Å². The molecule has 0 aliphatic heterocycles. The Labute approximate surface area is 146 Å². The summed E-state index contributed by atoms with van der Waals surface area (Å²) in [4.78, 5) is 12.9. The molecule has 6 heteroatoms. The zero-order valence-corrected chi connectivity index (χ0v) is 14.7. The molecule has 0 atom stereocenters. The molecule has 2 heterocycles. The zero-order chi connectivity index (χ0) is 16.9. The SMILES string of the molecule is CN=C(NCCc1c[nH]c2ccc(Cl)cc12)N(C)Cc1ccc[nH]1. The van der Waals surface area contributed by atoms with Crippen molar-refractivity contribution in [1.29, 1.82) is 0 Å². The number of aliphatic imine (C=N–C) groups is 1. The summed E-state index contributed by atoms with van der Waals surface area (Å²) in [5.41, 5.74) is 3.52. The molecule has 24 heavy (non-hydrogen) atoms. The van der Waals surface area contributed by atoms with E-state index in [-0.39, 0.29) is 0 Å². The molecule has 3 N–H and O–H groups in total. The molecule has 2 aromatic heterocycles. The van der Waals surface area contributed by atoms with Gasteiger partial charge in [-0.25, -0.2) is 0 Å². The fourth-order valence-corrected chi connectivity index (χ4v) is 3.02. The molecule has 0 spiro atoms. The number of fused-ring (bicyclic) bond motifs is 1. The number of aromatic nitrogens is 2. The predicted octanol–water partition coefficient (Wildman–Crippen LogP) is 3.40. The number of halogens is 1. The second-order valence-electron chi connectivity index (χ2n) is 5.78. The molecule has 0 aliphatic rings. The highest BCUT2D eigenvalue weighted by atomic mass is 35.5. The molecule has 126 valence electrons. The molecule has 0 bridgehead atoms. The van der Waals surface area contributed by atoms with Gasteiger partial charge in [0.1, 0.15) is 0 Å². The van der Waals surface area contributed by atoms with Crippen LogP contribution in [0, 0.1) is 0 Å². The van der Waals surface area contributed by atoms with Crippen LogP contribution in [0.15, 0.2) is 47.7 Å². The van der Waals surface area contributed by atoms with Crippen molar-refractivity contribution in [3.8, 4) is 0 Å². The summed E-state index contributed by atoms with van der Waals surface area (Å²) in [5, 5.41) is 5.36. The molecule has 0 aliphatic carbocycles. The van der Waals surface area contributed by atoms with Crippen LogP contribution in [0.4, 0.5) is 0 Å². The van der Waals surface area contributed by atoms with Gasteiger partial charge in [-0.3, -0.25) is 4.99 Å². The third-order valence-corrected chi connectivity index (χ3v) is 4.29. The van der Waals surface area contributed by atoms with Crippen LogP contribution >= 0.6 is 11.6 Å². The number of H-pyrrole nitrogens is 2. The predicted molar refractivity (Wildman–Crippen MR) is 101 cm³/mol. The van der Waals surface area contributed by atoms with Crippen LogP contribution in [-0.4, -0.2) is 41.5 Å². The number of nitrogens with zero attached hydrogens (tertiary/aromatic N) is 2. The Morgan fingerprint density at radius 2 is 2.17 bits per heavy atom. The molecule has 0 saturated carbocycles. The van der Waals surface area contributed by atoms with Crippen LogP contribution in [0.5, 0.6) is 0 Å². The Bertz CT molecular complexity index is 819. The summed E-state index contributed by atoms with van der Waals surface area (Å²) in [7, 11) is 3.83. The highest BCUT2D eigenvalue weighted by Crippen LogP contribution is 2.22. The topological polar surface area (TPSA) is 59.2 Å². The van der Waals surface area contributed by atoms with Crippen molar-refractivity contribution in [1.82, 2.24) is 20.2 Å². The van der Waals surface area contributed by atoms with E-state index < -0.39 is 0 Å². The molecule has 0 fully saturated rings. The fourth-order valence-electron chi connectivity index (χ4n) is 2.85. The van der Waals surface area contributed by atoms with E-state index >= 15 is 0 Å². The number of hydrogen-bond acceptors (Lipinski definition) is 1. The van der Waals surface area contributed by atoms with E-state index in [2.05, 4.69) is 31.2 Å². The quantitative estimate of drug-likeness (QED) is 0.491. The number of nitrogens with one attached hydrogen (secondary N) is 3.